The second-order valence-corrected chi connectivity index (χ2v) is 8.08. The van der Waals surface area contributed by atoms with Gasteiger partial charge in [-0.25, -0.2) is 9.59 Å². The van der Waals surface area contributed by atoms with Crippen LogP contribution >= 0.6 is 35.2 Å². The normalized spacial score (nSPS) is 10.2. The highest BCUT2D eigenvalue weighted by Crippen LogP contribution is 2.34. The maximum atomic E-state index is 12.2. The fourth-order valence-corrected chi connectivity index (χ4v) is 4.17. The standard InChI is InChI=1S/C20H18ClN5O4S2/c1-10-15(18(27)29-2)17(32-16(10)19(28)30-3)24-20(31)23-12-6-4-11(5-7-12)22-14-9-8-13(21)25-26-14/h4-9H,1-3H3,(H,22,26)(H2,23,24,31). The number of ether oxygens (including phenoxy) is 2. The van der Waals surface area contributed by atoms with Crippen LogP contribution < -0.4 is 16.0 Å². The zero-order valence-corrected chi connectivity index (χ0v) is 19.6. The van der Waals surface area contributed by atoms with E-state index in [9.17, 15) is 9.59 Å². The molecule has 166 valence electrons. The van der Waals surface area contributed by atoms with Gasteiger partial charge in [-0.3, -0.25) is 0 Å². The van der Waals surface area contributed by atoms with Crippen LogP contribution in [0.1, 0.15) is 25.6 Å². The summed E-state index contributed by atoms with van der Waals surface area (Å²) in [6, 6.07) is 10.6. The van der Waals surface area contributed by atoms with Crippen LogP contribution in [-0.4, -0.2) is 41.5 Å². The van der Waals surface area contributed by atoms with Gasteiger partial charge in [0.2, 0.25) is 0 Å². The minimum Gasteiger partial charge on any atom is -0.465 e. The minimum absolute atomic E-state index is 0.227. The molecule has 12 heteroatoms. The number of methoxy groups -OCH3 is 2. The van der Waals surface area contributed by atoms with Crippen molar-refractivity contribution in [1.82, 2.24) is 10.2 Å². The summed E-state index contributed by atoms with van der Waals surface area (Å²) < 4.78 is 9.62. The molecule has 0 radical (unpaired) electrons. The van der Waals surface area contributed by atoms with E-state index in [1.165, 1.54) is 14.2 Å². The zero-order valence-electron chi connectivity index (χ0n) is 17.2. The molecule has 32 heavy (non-hydrogen) atoms. The van der Waals surface area contributed by atoms with E-state index in [1.807, 2.05) is 12.1 Å². The van der Waals surface area contributed by atoms with E-state index in [4.69, 9.17) is 33.3 Å². The second-order valence-electron chi connectivity index (χ2n) is 6.27. The molecule has 2 aromatic heterocycles. The molecule has 0 aliphatic rings. The van der Waals surface area contributed by atoms with Gasteiger partial charge in [0.05, 0.1) is 19.8 Å². The number of anilines is 4. The fraction of sp³-hybridized carbons (Fsp3) is 0.150. The lowest BCUT2D eigenvalue weighted by atomic mass is 10.1. The Hall–Kier alpha value is -3.28. The largest absolute Gasteiger partial charge is 0.465 e. The molecular formula is C20H18ClN5O4S2. The summed E-state index contributed by atoms with van der Waals surface area (Å²) in [6.45, 7) is 1.65. The summed E-state index contributed by atoms with van der Waals surface area (Å²) >= 11 is 12.2. The second kappa shape index (κ2) is 10.4. The van der Waals surface area contributed by atoms with E-state index >= 15 is 0 Å². The number of nitrogens with zero attached hydrogens (tertiary/aromatic N) is 2. The fourth-order valence-electron chi connectivity index (χ4n) is 2.67. The first-order valence-electron chi connectivity index (χ1n) is 9.06. The average Bonchev–Trinajstić information content (AvgIpc) is 3.11. The number of carbonyl (C=O) groups excluding carboxylic acids is 2. The summed E-state index contributed by atoms with van der Waals surface area (Å²) in [5.41, 5.74) is 2.18. The molecule has 0 atom stereocenters. The van der Waals surface area contributed by atoms with E-state index < -0.39 is 11.9 Å². The summed E-state index contributed by atoms with van der Waals surface area (Å²) in [4.78, 5) is 24.5. The Kier molecular flexibility index (Phi) is 7.57. The van der Waals surface area contributed by atoms with Crippen LogP contribution in [0.2, 0.25) is 5.15 Å². The number of thiocarbonyl (C=S) groups is 1. The van der Waals surface area contributed by atoms with Gasteiger partial charge in [-0.15, -0.1) is 21.5 Å². The van der Waals surface area contributed by atoms with Crippen LogP contribution in [0.15, 0.2) is 36.4 Å². The van der Waals surface area contributed by atoms with E-state index in [1.54, 1.807) is 31.2 Å². The molecule has 3 aromatic rings. The molecule has 3 N–H and O–H groups in total. The van der Waals surface area contributed by atoms with Gasteiger partial charge in [0, 0.05) is 11.4 Å². The minimum atomic E-state index is -0.583. The van der Waals surface area contributed by atoms with Gasteiger partial charge in [-0.05, 0) is 61.1 Å². The Morgan fingerprint density at radius 3 is 2.22 bits per heavy atom. The third kappa shape index (κ3) is 5.49. The van der Waals surface area contributed by atoms with Crippen LogP contribution in [-0.2, 0) is 9.47 Å². The molecule has 0 fully saturated rings. The number of esters is 2. The molecule has 0 saturated heterocycles. The van der Waals surface area contributed by atoms with Crippen molar-refractivity contribution in [2.24, 2.45) is 0 Å². The predicted molar refractivity (Wildman–Crippen MR) is 128 cm³/mol. The highest BCUT2D eigenvalue weighted by Gasteiger charge is 2.26. The van der Waals surface area contributed by atoms with E-state index in [0.717, 1.165) is 17.0 Å². The molecule has 0 amide bonds. The molecule has 0 saturated carbocycles. The number of aromatic nitrogens is 2. The van der Waals surface area contributed by atoms with Crippen molar-refractivity contribution in [2.45, 2.75) is 6.92 Å². The lowest BCUT2D eigenvalue weighted by molar-refractivity contribution is 0.0601. The van der Waals surface area contributed by atoms with E-state index in [0.29, 0.717) is 32.1 Å². The summed E-state index contributed by atoms with van der Waals surface area (Å²) in [5.74, 6) is -0.574. The average molecular weight is 492 g/mol. The highest BCUT2D eigenvalue weighted by molar-refractivity contribution is 7.80. The van der Waals surface area contributed by atoms with E-state index in [-0.39, 0.29) is 10.7 Å². The maximum Gasteiger partial charge on any atom is 0.348 e. The number of halogens is 1. The topological polar surface area (TPSA) is 114 Å². The molecule has 0 bridgehead atoms. The molecule has 2 heterocycles. The molecule has 0 aliphatic carbocycles. The van der Waals surface area contributed by atoms with Gasteiger partial charge >= 0.3 is 11.9 Å². The maximum absolute atomic E-state index is 12.2. The predicted octanol–water partition coefficient (Wildman–Crippen LogP) is 4.63. The van der Waals surface area contributed by atoms with Crippen molar-refractivity contribution in [3.63, 3.8) is 0 Å². The lowest BCUT2D eigenvalue weighted by Gasteiger charge is -2.11. The number of thiophene rings is 1. The Labute approximate surface area is 198 Å². The third-order valence-corrected chi connectivity index (χ3v) is 5.77. The number of carbonyl (C=O) groups is 2. The number of hydrogen-bond donors (Lipinski definition) is 3. The first-order chi connectivity index (χ1) is 15.3. The molecule has 3 rings (SSSR count). The third-order valence-electron chi connectivity index (χ3n) is 4.18. The van der Waals surface area contributed by atoms with Gasteiger partial charge in [0.25, 0.3) is 0 Å². The smallest absolute Gasteiger partial charge is 0.348 e. The molecular weight excluding hydrogens is 474 g/mol. The Bertz CT molecular complexity index is 1150. The number of nitrogens with one attached hydrogen (secondary N) is 3. The van der Waals surface area contributed by atoms with Gasteiger partial charge in [-0.2, -0.15) is 0 Å². The van der Waals surface area contributed by atoms with Gasteiger partial charge in [0.1, 0.15) is 9.88 Å². The van der Waals surface area contributed by atoms with Crippen LogP contribution in [0.4, 0.5) is 22.2 Å². The van der Waals surface area contributed by atoms with Crippen molar-refractivity contribution in [3.8, 4) is 0 Å². The Morgan fingerprint density at radius 2 is 1.62 bits per heavy atom. The van der Waals surface area contributed by atoms with Gasteiger partial charge in [-0.1, -0.05) is 11.6 Å². The zero-order chi connectivity index (χ0) is 23.3. The molecule has 0 spiro atoms. The first-order valence-corrected chi connectivity index (χ1v) is 10.7. The number of benzene rings is 1. The van der Waals surface area contributed by atoms with Crippen molar-refractivity contribution in [3.05, 3.63) is 57.6 Å². The van der Waals surface area contributed by atoms with Crippen molar-refractivity contribution >= 4 is 74.4 Å². The Balaban J connectivity index is 1.70. The van der Waals surface area contributed by atoms with Crippen LogP contribution in [0.3, 0.4) is 0 Å². The monoisotopic (exact) mass is 491 g/mol. The highest BCUT2D eigenvalue weighted by atomic mass is 35.5. The number of rotatable bonds is 6. The molecule has 0 aliphatic heterocycles. The number of hydrogen-bond acceptors (Lipinski definition) is 9. The van der Waals surface area contributed by atoms with Crippen LogP contribution in [0, 0.1) is 6.92 Å². The van der Waals surface area contributed by atoms with Crippen LogP contribution in [0.25, 0.3) is 0 Å². The quantitative estimate of drug-likeness (QED) is 0.333. The summed E-state index contributed by atoms with van der Waals surface area (Å²) in [7, 11) is 2.54. The summed E-state index contributed by atoms with van der Waals surface area (Å²) in [5, 5.41) is 17.7. The van der Waals surface area contributed by atoms with E-state index in [2.05, 4.69) is 26.1 Å². The molecule has 0 unspecified atom stereocenters. The lowest BCUT2D eigenvalue weighted by Crippen LogP contribution is -2.20. The van der Waals surface area contributed by atoms with Gasteiger partial charge < -0.3 is 25.4 Å². The molecule has 1 aromatic carbocycles. The first kappa shape index (κ1) is 23.4. The Morgan fingerprint density at radius 1 is 0.969 bits per heavy atom. The van der Waals surface area contributed by atoms with Crippen molar-refractivity contribution in [2.75, 3.05) is 30.2 Å². The van der Waals surface area contributed by atoms with Crippen LogP contribution in [0.5, 0.6) is 0 Å². The van der Waals surface area contributed by atoms with Crippen molar-refractivity contribution < 1.29 is 19.1 Å². The molecule has 9 nitrogen and oxygen atoms in total. The SMILES string of the molecule is COC(=O)c1sc(NC(=S)Nc2ccc(Nc3ccc(Cl)nn3)cc2)c(C(=O)OC)c1C. The van der Waals surface area contributed by atoms with Gasteiger partial charge in [0.15, 0.2) is 16.1 Å². The van der Waals surface area contributed by atoms with Crippen molar-refractivity contribution in [1.29, 1.82) is 0 Å². The summed E-state index contributed by atoms with van der Waals surface area (Å²) in [6.07, 6.45) is 0.